The summed E-state index contributed by atoms with van der Waals surface area (Å²) in [7, 11) is 0. The first-order valence-corrected chi connectivity index (χ1v) is 13.2. The zero-order valence-corrected chi connectivity index (χ0v) is 20.5. The van der Waals surface area contributed by atoms with Gasteiger partial charge in [0.15, 0.2) is 5.65 Å². The number of aromatic amines is 1. The summed E-state index contributed by atoms with van der Waals surface area (Å²) in [4.78, 5) is 54.4. The average Bonchev–Trinajstić information content (AvgIpc) is 3.76. The van der Waals surface area contributed by atoms with Crippen LogP contribution in [0.4, 0.5) is 5.69 Å². The van der Waals surface area contributed by atoms with E-state index in [0.29, 0.717) is 35.0 Å². The molecule has 1 aromatic carbocycles. The Bertz CT molecular complexity index is 1420. The maximum absolute atomic E-state index is 13.1. The predicted octanol–water partition coefficient (Wildman–Crippen LogP) is 2.44. The van der Waals surface area contributed by atoms with Crippen molar-refractivity contribution in [1.82, 2.24) is 24.4 Å². The molecule has 0 spiro atoms. The number of carbonyl (C=O) groups excluding carboxylic acids is 1. The third-order valence-corrected chi connectivity index (χ3v) is 7.91. The van der Waals surface area contributed by atoms with Crippen LogP contribution >= 0.6 is 11.8 Å². The number of hydrogen-bond donors (Lipinski definition) is 1. The second kappa shape index (κ2) is 8.82. The van der Waals surface area contributed by atoms with Gasteiger partial charge in [0.25, 0.3) is 5.56 Å². The molecule has 9 nitrogen and oxygen atoms in total. The first kappa shape index (κ1) is 22.3. The number of nitrogens with zero attached hydrogens (tertiary/aromatic N) is 5. The highest BCUT2D eigenvalue weighted by molar-refractivity contribution is 8.00. The number of aromatic nitrogens is 4. The number of rotatable bonds is 6. The summed E-state index contributed by atoms with van der Waals surface area (Å²) in [5, 5.41) is 0.822. The largest absolute Gasteiger partial charge is 0.368 e. The van der Waals surface area contributed by atoms with Crippen LogP contribution < -0.4 is 16.1 Å². The average molecular weight is 493 g/mol. The quantitative estimate of drug-likeness (QED) is 0.416. The van der Waals surface area contributed by atoms with E-state index in [2.05, 4.69) is 51.0 Å². The molecule has 2 aliphatic carbocycles. The van der Waals surface area contributed by atoms with E-state index in [-0.39, 0.29) is 23.6 Å². The van der Waals surface area contributed by atoms with Gasteiger partial charge >= 0.3 is 5.69 Å². The molecule has 0 radical (unpaired) electrons. The molecular weight excluding hydrogens is 464 g/mol. The van der Waals surface area contributed by atoms with Gasteiger partial charge in [-0.2, -0.15) is 0 Å². The highest BCUT2D eigenvalue weighted by Gasteiger charge is 2.32. The van der Waals surface area contributed by atoms with Gasteiger partial charge in [0.05, 0.1) is 5.75 Å². The fourth-order valence-electron chi connectivity index (χ4n) is 4.69. The lowest BCUT2D eigenvalue weighted by atomic mass is 10.2. The first-order valence-electron chi connectivity index (χ1n) is 12.3. The van der Waals surface area contributed by atoms with E-state index in [4.69, 9.17) is 0 Å². The summed E-state index contributed by atoms with van der Waals surface area (Å²) < 4.78 is 1.61. The zero-order valence-electron chi connectivity index (χ0n) is 19.7. The minimum Gasteiger partial charge on any atom is -0.368 e. The maximum atomic E-state index is 13.1. The van der Waals surface area contributed by atoms with Gasteiger partial charge in [-0.3, -0.25) is 19.1 Å². The summed E-state index contributed by atoms with van der Waals surface area (Å²) in [6.45, 7) is 4.98. The fraction of sp³-hybridized carbons (Fsp3) is 0.480. The normalized spacial score (nSPS) is 18.3. The molecule has 35 heavy (non-hydrogen) atoms. The summed E-state index contributed by atoms with van der Waals surface area (Å²) in [6.07, 6.45) is 3.83. The van der Waals surface area contributed by atoms with E-state index >= 15 is 0 Å². The highest BCUT2D eigenvalue weighted by Crippen LogP contribution is 2.40. The van der Waals surface area contributed by atoms with E-state index in [9.17, 15) is 14.4 Å². The van der Waals surface area contributed by atoms with Gasteiger partial charge in [-0.05, 0) is 50.3 Å². The van der Waals surface area contributed by atoms with Gasteiger partial charge < -0.3 is 9.80 Å². The molecule has 0 unspecified atom stereocenters. The summed E-state index contributed by atoms with van der Waals surface area (Å²) >= 11 is 1.28. The van der Waals surface area contributed by atoms with Crippen LogP contribution in [0.25, 0.3) is 11.0 Å². The van der Waals surface area contributed by atoms with Crippen molar-refractivity contribution >= 4 is 34.4 Å². The lowest BCUT2D eigenvalue weighted by molar-refractivity contribution is -0.128. The Morgan fingerprint density at radius 3 is 2.54 bits per heavy atom. The Morgan fingerprint density at radius 2 is 1.86 bits per heavy atom. The number of piperazine rings is 1. The van der Waals surface area contributed by atoms with Crippen molar-refractivity contribution in [3.8, 4) is 0 Å². The second-order valence-electron chi connectivity index (χ2n) is 9.72. The van der Waals surface area contributed by atoms with Crippen LogP contribution in [-0.4, -0.2) is 62.3 Å². The van der Waals surface area contributed by atoms with Crippen molar-refractivity contribution in [3.05, 3.63) is 56.5 Å². The van der Waals surface area contributed by atoms with Gasteiger partial charge in [0.1, 0.15) is 16.2 Å². The van der Waals surface area contributed by atoms with Gasteiger partial charge in [-0.15, -0.1) is 0 Å². The molecule has 2 aromatic heterocycles. The van der Waals surface area contributed by atoms with Crippen LogP contribution in [0.15, 0.2) is 38.9 Å². The molecular formula is C25H28N6O3S. The SMILES string of the molecule is Cc1cccc(N2CCN(C(=O)CSc3nc(C4CC4)nc4c3c(=O)[nH]c(=O)n4C3CC3)CC2)c1. The van der Waals surface area contributed by atoms with Crippen LogP contribution in [-0.2, 0) is 4.79 Å². The number of benzene rings is 1. The number of fused-ring (bicyclic) bond motifs is 1. The molecule has 10 heteroatoms. The van der Waals surface area contributed by atoms with Crippen molar-refractivity contribution < 1.29 is 4.79 Å². The summed E-state index contributed by atoms with van der Waals surface area (Å²) in [6, 6.07) is 8.50. The van der Waals surface area contributed by atoms with Gasteiger partial charge in [0.2, 0.25) is 5.91 Å². The molecule has 2 saturated carbocycles. The van der Waals surface area contributed by atoms with E-state index in [0.717, 1.165) is 38.8 Å². The van der Waals surface area contributed by atoms with Crippen LogP contribution in [0.2, 0.25) is 0 Å². The zero-order chi connectivity index (χ0) is 24.1. The topological polar surface area (TPSA) is 104 Å². The molecule has 3 fully saturated rings. The monoisotopic (exact) mass is 492 g/mol. The number of aryl methyl sites for hydroxylation is 1. The lowest BCUT2D eigenvalue weighted by Crippen LogP contribution is -2.49. The van der Waals surface area contributed by atoms with E-state index in [1.807, 2.05) is 4.90 Å². The molecule has 3 aromatic rings. The molecule has 1 aliphatic heterocycles. The highest BCUT2D eigenvalue weighted by atomic mass is 32.2. The standard InChI is InChI=1S/C25H28N6O3S/c1-15-3-2-4-18(13-15)29-9-11-30(12-10-29)19(32)14-35-24-20-22(26-21(27-24)16-5-6-16)31(17-7-8-17)25(34)28-23(20)33/h2-4,13,16-17H,5-12,14H2,1H3,(H,28,33,34). The number of H-pyrrole nitrogens is 1. The van der Waals surface area contributed by atoms with Gasteiger partial charge in [-0.25, -0.2) is 14.8 Å². The minimum absolute atomic E-state index is 0.0329. The van der Waals surface area contributed by atoms with Crippen molar-refractivity contribution in [2.24, 2.45) is 0 Å². The fourth-order valence-corrected chi connectivity index (χ4v) is 5.62. The Labute approximate surface area is 206 Å². The van der Waals surface area contributed by atoms with Crippen molar-refractivity contribution in [3.63, 3.8) is 0 Å². The summed E-state index contributed by atoms with van der Waals surface area (Å²) in [5.74, 6) is 1.18. The number of thioether (sulfide) groups is 1. The predicted molar refractivity (Wildman–Crippen MR) is 135 cm³/mol. The number of hydrogen-bond acceptors (Lipinski definition) is 7. The Balaban J connectivity index is 1.21. The third-order valence-electron chi connectivity index (χ3n) is 6.95. The Morgan fingerprint density at radius 1 is 1.09 bits per heavy atom. The smallest absolute Gasteiger partial charge is 0.330 e. The molecule has 1 amide bonds. The van der Waals surface area contributed by atoms with Crippen LogP contribution in [0.5, 0.6) is 0 Å². The molecule has 1 saturated heterocycles. The van der Waals surface area contributed by atoms with Crippen molar-refractivity contribution in [1.29, 1.82) is 0 Å². The van der Waals surface area contributed by atoms with Crippen LogP contribution in [0, 0.1) is 6.92 Å². The minimum atomic E-state index is -0.481. The van der Waals surface area contributed by atoms with Crippen LogP contribution in [0.3, 0.4) is 0 Å². The molecule has 0 atom stereocenters. The van der Waals surface area contributed by atoms with Crippen LogP contribution in [0.1, 0.15) is 49.0 Å². The summed E-state index contributed by atoms with van der Waals surface area (Å²) in [5.41, 5.74) is 1.93. The lowest BCUT2D eigenvalue weighted by Gasteiger charge is -2.36. The van der Waals surface area contributed by atoms with Gasteiger partial charge in [-0.1, -0.05) is 23.9 Å². The molecule has 182 valence electrons. The Kier molecular flexibility index (Phi) is 5.63. The van der Waals surface area contributed by atoms with E-state index < -0.39 is 11.2 Å². The second-order valence-corrected chi connectivity index (χ2v) is 10.7. The number of nitrogens with one attached hydrogen (secondary N) is 1. The number of anilines is 1. The first-order chi connectivity index (χ1) is 17.0. The number of amides is 1. The Hall–Kier alpha value is -3.14. The molecule has 6 rings (SSSR count). The molecule has 0 bridgehead atoms. The van der Waals surface area contributed by atoms with E-state index in [1.54, 1.807) is 4.57 Å². The maximum Gasteiger partial charge on any atom is 0.330 e. The third kappa shape index (κ3) is 4.47. The van der Waals surface area contributed by atoms with Gasteiger partial charge in [0, 0.05) is 43.8 Å². The van der Waals surface area contributed by atoms with E-state index in [1.165, 1.54) is 23.0 Å². The molecule has 3 aliphatic rings. The van der Waals surface area contributed by atoms with Crippen molar-refractivity contribution in [2.45, 2.75) is 49.6 Å². The molecule has 3 heterocycles. The molecule has 1 N–H and O–H groups in total. The number of carbonyl (C=O) groups is 1. The van der Waals surface area contributed by atoms with Crippen molar-refractivity contribution in [2.75, 3.05) is 36.8 Å².